The molecule has 0 N–H and O–H groups in total. The number of benzene rings is 2. The van der Waals surface area contributed by atoms with E-state index >= 15 is 0 Å². The van der Waals surface area contributed by atoms with E-state index in [1.54, 1.807) is 29.6 Å². The van der Waals surface area contributed by atoms with Crippen molar-refractivity contribution in [3.05, 3.63) is 64.0 Å². The summed E-state index contributed by atoms with van der Waals surface area (Å²) in [6.07, 6.45) is 0. The standard InChI is InChI=1S/C23H17NOS2/c1-12-19-20(23-18(9-11-27-23)17-8-10-26-22(17)19)13(2)24-21(12)16-6-4-15(5-7-16)14(3)25/h4-11H,1-3H3. The molecule has 5 aromatic rings. The van der Waals surface area contributed by atoms with Crippen LogP contribution in [0.4, 0.5) is 0 Å². The van der Waals surface area contributed by atoms with Gasteiger partial charge < -0.3 is 0 Å². The van der Waals surface area contributed by atoms with E-state index in [2.05, 4.69) is 36.7 Å². The third-order valence-corrected chi connectivity index (χ3v) is 7.12. The van der Waals surface area contributed by atoms with Crippen molar-refractivity contribution in [2.45, 2.75) is 20.8 Å². The highest BCUT2D eigenvalue weighted by Gasteiger charge is 2.18. The van der Waals surface area contributed by atoms with E-state index < -0.39 is 0 Å². The number of thiophene rings is 2. The van der Waals surface area contributed by atoms with Crippen LogP contribution in [0.25, 0.3) is 42.2 Å². The fraction of sp³-hybridized carbons (Fsp3) is 0.130. The average Bonchev–Trinajstić information content (AvgIpc) is 3.32. The lowest BCUT2D eigenvalue weighted by Crippen LogP contribution is -1.96. The van der Waals surface area contributed by atoms with Crippen LogP contribution in [0.1, 0.15) is 28.5 Å². The minimum atomic E-state index is 0.0845. The Morgan fingerprint density at radius 3 is 2.04 bits per heavy atom. The molecule has 0 bridgehead atoms. The molecule has 0 saturated carbocycles. The van der Waals surface area contributed by atoms with Gasteiger partial charge in [-0.15, -0.1) is 22.7 Å². The molecule has 0 aliphatic rings. The molecule has 0 atom stereocenters. The van der Waals surface area contributed by atoms with Crippen LogP contribution in [-0.4, -0.2) is 10.8 Å². The number of hydrogen-bond acceptors (Lipinski definition) is 4. The Labute approximate surface area is 165 Å². The van der Waals surface area contributed by atoms with E-state index in [1.165, 1.54) is 36.5 Å². The van der Waals surface area contributed by atoms with Crippen LogP contribution >= 0.6 is 22.7 Å². The summed E-state index contributed by atoms with van der Waals surface area (Å²) in [5.74, 6) is 0.0845. The summed E-state index contributed by atoms with van der Waals surface area (Å²) in [5.41, 5.74) is 5.05. The molecule has 4 heteroatoms. The zero-order valence-electron chi connectivity index (χ0n) is 15.3. The molecule has 27 heavy (non-hydrogen) atoms. The topological polar surface area (TPSA) is 30.0 Å². The second kappa shape index (κ2) is 5.98. The van der Waals surface area contributed by atoms with E-state index in [1.807, 2.05) is 24.3 Å². The molecule has 0 spiro atoms. The first-order valence-corrected chi connectivity index (χ1v) is 10.6. The Kier molecular flexibility index (Phi) is 3.67. The first-order valence-electron chi connectivity index (χ1n) is 8.85. The van der Waals surface area contributed by atoms with Crippen molar-refractivity contribution in [1.82, 2.24) is 4.98 Å². The molecule has 0 radical (unpaired) electrons. The second-order valence-electron chi connectivity index (χ2n) is 6.88. The molecule has 3 aromatic heterocycles. The van der Waals surface area contributed by atoms with Crippen LogP contribution in [0, 0.1) is 13.8 Å². The van der Waals surface area contributed by atoms with Crippen molar-refractivity contribution in [1.29, 1.82) is 0 Å². The SMILES string of the molecule is CC(=O)c1ccc(-c2nc(C)c3c4sccc4c4ccsc4c3c2C)cc1. The number of fused-ring (bicyclic) bond motifs is 6. The Bertz CT molecular complexity index is 1360. The molecule has 132 valence electrons. The molecule has 0 unspecified atom stereocenters. The lowest BCUT2D eigenvalue weighted by molar-refractivity contribution is 0.101. The highest BCUT2D eigenvalue weighted by atomic mass is 32.1. The zero-order valence-corrected chi connectivity index (χ0v) is 16.9. The van der Waals surface area contributed by atoms with Crippen molar-refractivity contribution in [2.24, 2.45) is 0 Å². The van der Waals surface area contributed by atoms with Gasteiger partial charge in [-0.25, -0.2) is 0 Å². The Balaban J connectivity index is 1.89. The fourth-order valence-corrected chi connectivity index (χ4v) is 5.96. The van der Waals surface area contributed by atoms with Gasteiger partial charge in [0.05, 0.1) is 5.69 Å². The normalized spacial score (nSPS) is 11.7. The number of Topliss-reactive ketones (excluding diaryl/α,β-unsaturated/α-hetero) is 1. The molecule has 2 aromatic carbocycles. The number of hydrogen-bond donors (Lipinski definition) is 0. The highest BCUT2D eigenvalue weighted by molar-refractivity contribution is 7.20. The maximum absolute atomic E-state index is 11.6. The largest absolute Gasteiger partial charge is 0.295 e. The number of aromatic nitrogens is 1. The number of pyridine rings is 1. The van der Waals surface area contributed by atoms with E-state index in [-0.39, 0.29) is 5.78 Å². The number of nitrogens with zero attached hydrogens (tertiary/aromatic N) is 1. The van der Waals surface area contributed by atoms with Gasteiger partial charge in [-0.2, -0.15) is 0 Å². The van der Waals surface area contributed by atoms with E-state index in [9.17, 15) is 4.79 Å². The van der Waals surface area contributed by atoms with Gasteiger partial charge in [0.1, 0.15) is 0 Å². The Morgan fingerprint density at radius 1 is 0.852 bits per heavy atom. The molecule has 0 fully saturated rings. The number of carbonyl (C=O) groups is 1. The van der Waals surface area contributed by atoms with Gasteiger partial charge in [0.2, 0.25) is 0 Å². The van der Waals surface area contributed by atoms with Crippen molar-refractivity contribution < 1.29 is 4.79 Å². The second-order valence-corrected chi connectivity index (χ2v) is 8.71. The highest BCUT2D eigenvalue weighted by Crippen LogP contribution is 2.44. The first kappa shape index (κ1) is 16.6. The van der Waals surface area contributed by atoms with Crippen molar-refractivity contribution in [2.75, 3.05) is 0 Å². The molecule has 0 saturated heterocycles. The Morgan fingerprint density at radius 2 is 1.44 bits per heavy atom. The quantitative estimate of drug-likeness (QED) is 0.301. The van der Waals surface area contributed by atoms with Crippen LogP contribution in [0.3, 0.4) is 0 Å². The monoisotopic (exact) mass is 387 g/mol. The van der Waals surface area contributed by atoms with E-state index in [0.29, 0.717) is 0 Å². The summed E-state index contributed by atoms with van der Waals surface area (Å²) >= 11 is 3.59. The van der Waals surface area contributed by atoms with Crippen LogP contribution in [0.2, 0.25) is 0 Å². The van der Waals surface area contributed by atoms with Crippen molar-refractivity contribution in [3.63, 3.8) is 0 Å². The van der Waals surface area contributed by atoms with Crippen LogP contribution in [0.5, 0.6) is 0 Å². The molecule has 5 rings (SSSR count). The number of ketones is 1. The molecule has 0 aliphatic carbocycles. The van der Waals surface area contributed by atoms with E-state index in [4.69, 9.17) is 4.98 Å². The van der Waals surface area contributed by atoms with Gasteiger partial charge >= 0.3 is 0 Å². The molecular weight excluding hydrogens is 370 g/mol. The zero-order chi connectivity index (χ0) is 18.7. The minimum absolute atomic E-state index is 0.0845. The summed E-state index contributed by atoms with van der Waals surface area (Å²) in [7, 11) is 0. The molecule has 2 nitrogen and oxygen atoms in total. The summed E-state index contributed by atoms with van der Waals surface area (Å²) in [6.45, 7) is 5.87. The van der Waals surface area contributed by atoms with Gasteiger partial charge in [-0.1, -0.05) is 24.3 Å². The molecule has 0 amide bonds. The van der Waals surface area contributed by atoms with Crippen LogP contribution in [0.15, 0.2) is 47.2 Å². The maximum Gasteiger partial charge on any atom is 0.159 e. The summed E-state index contributed by atoms with van der Waals surface area (Å²) in [5, 5.41) is 9.59. The number of rotatable bonds is 2. The van der Waals surface area contributed by atoms with Gasteiger partial charge in [0, 0.05) is 47.8 Å². The maximum atomic E-state index is 11.6. The Hall–Kier alpha value is -2.56. The average molecular weight is 388 g/mol. The lowest BCUT2D eigenvalue weighted by atomic mass is 9.96. The van der Waals surface area contributed by atoms with Gasteiger partial charge in [-0.05, 0) is 49.2 Å². The van der Waals surface area contributed by atoms with Crippen molar-refractivity contribution in [3.8, 4) is 11.3 Å². The summed E-state index contributed by atoms with van der Waals surface area (Å²) in [4.78, 5) is 16.6. The first-order chi connectivity index (χ1) is 13.1. The third-order valence-electron chi connectivity index (χ3n) is 5.26. The summed E-state index contributed by atoms with van der Waals surface area (Å²) < 4.78 is 2.66. The smallest absolute Gasteiger partial charge is 0.159 e. The fourth-order valence-electron chi connectivity index (χ4n) is 3.93. The van der Waals surface area contributed by atoms with Gasteiger partial charge in [-0.3, -0.25) is 9.78 Å². The van der Waals surface area contributed by atoms with Crippen LogP contribution < -0.4 is 0 Å². The predicted molar refractivity (Wildman–Crippen MR) is 117 cm³/mol. The minimum Gasteiger partial charge on any atom is -0.295 e. The van der Waals surface area contributed by atoms with Gasteiger partial charge in [0.25, 0.3) is 0 Å². The van der Waals surface area contributed by atoms with Crippen molar-refractivity contribution >= 4 is 59.4 Å². The molecule has 0 aliphatic heterocycles. The number of carbonyl (C=O) groups excluding carboxylic acids is 1. The van der Waals surface area contributed by atoms with Gasteiger partial charge in [0.15, 0.2) is 5.78 Å². The number of aryl methyl sites for hydroxylation is 2. The predicted octanol–water partition coefficient (Wildman–Crippen LogP) is 7.15. The molecular formula is C23H17NOS2. The third kappa shape index (κ3) is 2.37. The molecule has 3 heterocycles. The van der Waals surface area contributed by atoms with E-state index in [0.717, 1.165) is 22.5 Å². The lowest BCUT2D eigenvalue weighted by Gasteiger charge is -2.14. The summed E-state index contributed by atoms with van der Waals surface area (Å²) in [6, 6.07) is 12.2. The van der Waals surface area contributed by atoms with Crippen LogP contribution in [-0.2, 0) is 0 Å².